The van der Waals surface area contributed by atoms with Crippen molar-refractivity contribution < 1.29 is 14.5 Å². The van der Waals surface area contributed by atoms with Crippen LogP contribution in [0.1, 0.15) is 55.5 Å². The van der Waals surface area contributed by atoms with Crippen molar-refractivity contribution in [2.75, 3.05) is 5.75 Å². The number of rotatable bonds is 13. The summed E-state index contributed by atoms with van der Waals surface area (Å²) in [6, 6.07) is 14.3. The van der Waals surface area contributed by atoms with Crippen LogP contribution in [-0.4, -0.2) is 34.2 Å². The number of carbonyl (C=O) groups excluding carboxylic acids is 2. The molecule has 0 saturated heterocycles. The number of hydrogen-bond acceptors (Lipinski definition) is 6. The summed E-state index contributed by atoms with van der Waals surface area (Å²) in [5.41, 5.74) is 4.65. The fourth-order valence-electron chi connectivity index (χ4n) is 2.94. The smallest absolute Gasteiger partial charge is 0.269 e. The Morgan fingerprint density at radius 1 is 1.09 bits per heavy atom. The molecule has 8 nitrogen and oxygen atoms in total. The maximum Gasteiger partial charge on any atom is 0.269 e. The number of nitro benzene ring substituents is 1. The Hall–Kier alpha value is -3.20. The Bertz CT molecular complexity index is 949. The Kier molecular flexibility index (Phi) is 11.1. The minimum absolute atomic E-state index is 0.104. The lowest BCUT2D eigenvalue weighted by Crippen LogP contribution is -2.47. The van der Waals surface area contributed by atoms with E-state index >= 15 is 0 Å². The quantitative estimate of drug-likeness (QED) is 0.191. The summed E-state index contributed by atoms with van der Waals surface area (Å²) in [7, 11) is 0. The maximum atomic E-state index is 12.8. The number of nitrogens with zero attached hydrogens (tertiary/aromatic N) is 2. The predicted molar refractivity (Wildman–Crippen MR) is 132 cm³/mol. The van der Waals surface area contributed by atoms with Gasteiger partial charge in [-0.3, -0.25) is 19.7 Å². The van der Waals surface area contributed by atoms with Gasteiger partial charge in [0.1, 0.15) is 6.04 Å². The van der Waals surface area contributed by atoms with Gasteiger partial charge in [0.2, 0.25) is 0 Å². The van der Waals surface area contributed by atoms with Gasteiger partial charge in [-0.1, -0.05) is 50.1 Å². The van der Waals surface area contributed by atoms with Crippen molar-refractivity contribution >= 4 is 35.0 Å². The van der Waals surface area contributed by atoms with Crippen LogP contribution >= 0.6 is 11.8 Å². The molecule has 0 radical (unpaired) electrons. The van der Waals surface area contributed by atoms with Crippen molar-refractivity contribution in [3.05, 3.63) is 75.8 Å². The van der Waals surface area contributed by atoms with Crippen LogP contribution in [0, 0.1) is 10.1 Å². The molecule has 0 aliphatic heterocycles. The van der Waals surface area contributed by atoms with Crippen molar-refractivity contribution in [1.29, 1.82) is 0 Å². The summed E-state index contributed by atoms with van der Waals surface area (Å²) in [6.45, 7) is 3.99. The standard InChI is InChI=1S/C24H30N4O4S/c1-3-4-6-9-18(2)26-27-24(30)22(17-33-16-19-10-7-5-8-11-19)25-23(29)20-12-14-21(15-13-20)28(31)32/h5,7-8,10-15,22H,3-4,6,9,16-17H2,1-2H3,(H,25,29)(H,27,30)/b26-18-. The lowest BCUT2D eigenvalue weighted by Gasteiger charge is -2.17. The lowest BCUT2D eigenvalue weighted by molar-refractivity contribution is -0.384. The molecule has 0 aromatic heterocycles. The van der Waals surface area contributed by atoms with E-state index in [1.54, 1.807) is 0 Å². The summed E-state index contributed by atoms with van der Waals surface area (Å²) < 4.78 is 0. The summed E-state index contributed by atoms with van der Waals surface area (Å²) in [5, 5.41) is 17.7. The van der Waals surface area contributed by atoms with Gasteiger partial charge in [0, 0.05) is 34.9 Å². The minimum Gasteiger partial charge on any atom is -0.339 e. The first-order chi connectivity index (χ1) is 15.9. The van der Waals surface area contributed by atoms with Crippen molar-refractivity contribution in [3.63, 3.8) is 0 Å². The molecule has 2 N–H and O–H groups in total. The molecule has 33 heavy (non-hydrogen) atoms. The highest BCUT2D eigenvalue weighted by Crippen LogP contribution is 2.15. The molecule has 2 aromatic rings. The second-order valence-corrected chi connectivity index (χ2v) is 8.64. The van der Waals surface area contributed by atoms with E-state index in [4.69, 9.17) is 0 Å². The van der Waals surface area contributed by atoms with E-state index < -0.39 is 22.8 Å². The van der Waals surface area contributed by atoms with Gasteiger partial charge in [-0.05, 0) is 37.5 Å². The fourth-order valence-corrected chi connectivity index (χ4v) is 3.96. The summed E-state index contributed by atoms with van der Waals surface area (Å²) in [4.78, 5) is 35.8. The Balaban J connectivity index is 2.03. The normalized spacial score (nSPS) is 12.1. The zero-order valence-corrected chi connectivity index (χ0v) is 19.8. The van der Waals surface area contributed by atoms with Gasteiger partial charge in [-0.25, -0.2) is 5.43 Å². The van der Waals surface area contributed by atoms with Crippen LogP contribution in [0.25, 0.3) is 0 Å². The van der Waals surface area contributed by atoms with Gasteiger partial charge in [0.05, 0.1) is 4.92 Å². The van der Waals surface area contributed by atoms with Crippen LogP contribution in [0.15, 0.2) is 59.7 Å². The van der Waals surface area contributed by atoms with Crippen LogP contribution in [0.3, 0.4) is 0 Å². The van der Waals surface area contributed by atoms with Crippen LogP contribution in [0.5, 0.6) is 0 Å². The molecule has 1 unspecified atom stereocenters. The average molecular weight is 471 g/mol. The molecule has 2 amide bonds. The number of hydrogen-bond donors (Lipinski definition) is 2. The highest BCUT2D eigenvalue weighted by molar-refractivity contribution is 7.98. The van der Waals surface area contributed by atoms with Crippen molar-refractivity contribution in [3.8, 4) is 0 Å². The van der Waals surface area contributed by atoms with Gasteiger partial charge < -0.3 is 5.32 Å². The van der Waals surface area contributed by atoms with Crippen molar-refractivity contribution in [2.45, 2.75) is 51.3 Å². The SMILES string of the molecule is CCCCC/C(C)=N\NC(=O)C(CSCc1ccccc1)NC(=O)c1ccc([N+](=O)[O-])cc1. The molecule has 0 aliphatic rings. The molecule has 176 valence electrons. The third-order valence-corrected chi connectivity index (χ3v) is 5.96. The lowest BCUT2D eigenvalue weighted by atomic mass is 10.1. The summed E-state index contributed by atoms with van der Waals surface area (Å²) in [5.74, 6) is 0.163. The third-order valence-electron chi connectivity index (χ3n) is 4.86. The maximum absolute atomic E-state index is 12.8. The Morgan fingerprint density at radius 2 is 1.79 bits per heavy atom. The Labute approximate surface area is 198 Å². The van der Waals surface area contributed by atoms with Crippen LogP contribution < -0.4 is 10.7 Å². The van der Waals surface area contributed by atoms with Gasteiger partial charge in [0.15, 0.2) is 0 Å². The first kappa shape index (κ1) is 26.1. The van der Waals surface area contributed by atoms with Crippen molar-refractivity contribution in [2.24, 2.45) is 5.10 Å². The second kappa shape index (κ2) is 14.1. The number of nitro groups is 1. The third kappa shape index (κ3) is 9.44. The molecule has 0 saturated carbocycles. The van der Waals surface area contributed by atoms with E-state index in [1.807, 2.05) is 37.3 Å². The van der Waals surface area contributed by atoms with Gasteiger partial charge in [0.25, 0.3) is 17.5 Å². The van der Waals surface area contributed by atoms with E-state index in [0.717, 1.165) is 37.0 Å². The minimum atomic E-state index is -0.811. The summed E-state index contributed by atoms with van der Waals surface area (Å²) >= 11 is 1.52. The monoisotopic (exact) mass is 470 g/mol. The van der Waals surface area contributed by atoms with Crippen LogP contribution in [-0.2, 0) is 10.5 Å². The molecule has 0 aliphatic carbocycles. The number of carbonyl (C=O) groups is 2. The van der Waals surface area contributed by atoms with Gasteiger partial charge in [-0.2, -0.15) is 16.9 Å². The molecule has 0 bridgehead atoms. The van der Waals surface area contributed by atoms with E-state index in [-0.39, 0.29) is 11.3 Å². The summed E-state index contributed by atoms with van der Waals surface area (Å²) in [6.07, 6.45) is 4.02. The highest BCUT2D eigenvalue weighted by atomic mass is 32.2. The highest BCUT2D eigenvalue weighted by Gasteiger charge is 2.22. The first-order valence-corrected chi connectivity index (χ1v) is 12.1. The average Bonchev–Trinajstić information content (AvgIpc) is 2.82. The molecule has 0 heterocycles. The predicted octanol–water partition coefficient (Wildman–Crippen LogP) is 4.70. The van der Waals surface area contributed by atoms with Crippen LogP contribution in [0.4, 0.5) is 5.69 Å². The molecule has 1 atom stereocenters. The van der Waals surface area contributed by atoms with E-state index in [2.05, 4.69) is 22.8 Å². The number of nitrogens with one attached hydrogen (secondary N) is 2. The van der Waals surface area contributed by atoms with Gasteiger partial charge in [-0.15, -0.1) is 0 Å². The number of amides is 2. The molecule has 0 spiro atoms. The molecular formula is C24H30N4O4S. The number of benzene rings is 2. The van der Waals surface area contributed by atoms with E-state index in [1.165, 1.54) is 36.0 Å². The molecule has 9 heteroatoms. The number of unbranched alkanes of at least 4 members (excludes halogenated alkanes) is 2. The molecule has 2 rings (SSSR count). The number of thioether (sulfide) groups is 1. The molecule has 2 aromatic carbocycles. The zero-order chi connectivity index (χ0) is 24.1. The van der Waals surface area contributed by atoms with Crippen molar-refractivity contribution in [1.82, 2.24) is 10.7 Å². The van der Waals surface area contributed by atoms with Crippen LogP contribution in [0.2, 0.25) is 0 Å². The van der Waals surface area contributed by atoms with E-state index in [0.29, 0.717) is 11.5 Å². The Morgan fingerprint density at radius 3 is 2.42 bits per heavy atom. The fraction of sp³-hybridized carbons (Fsp3) is 0.375. The largest absolute Gasteiger partial charge is 0.339 e. The molecule has 0 fully saturated rings. The topological polar surface area (TPSA) is 114 Å². The van der Waals surface area contributed by atoms with E-state index in [9.17, 15) is 19.7 Å². The first-order valence-electron chi connectivity index (χ1n) is 10.9. The number of hydrazone groups is 1. The zero-order valence-electron chi connectivity index (χ0n) is 19.0. The van der Waals surface area contributed by atoms with Gasteiger partial charge >= 0.3 is 0 Å². The second-order valence-electron chi connectivity index (χ2n) is 7.61. The number of non-ortho nitro benzene ring substituents is 1. The molecular weight excluding hydrogens is 440 g/mol.